The number of rotatable bonds is 1. The van der Waals surface area contributed by atoms with E-state index in [4.69, 9.17) is 5.73 Å². The smallest absolute Gasteiger partial charge is 0.209 e. The highest BCUT2D eigenvalue weighted by atomic mass is 19.1. The first kappa shape index (κ1) is 15.0. The van der Waals surface area contributed by atoms with Crippen molar-refractivity contribution in [3.8, 4) is 23.2 Å². The van der Waals surface area contributed by atoms with Crippen molar-refractivity contribution in [2.45, 2.75) is 20.8 Å². The van der Waals surface area contributed by atoms with E-state index in [1.807, 2.05) is 20.8 Å². The number of imidazole rings is 1. The van der Waals surface area contributed by atoms with Crippen LogP contribution in [0.3, 0.4) is 0 Å². The van der Waals surface area contributed by atoms with Crippen molar-refractivity contribution in [2.24, 2.45) is 5.41 Å². The number of hydrogen-bond donors (Lipinski definition) is 2. The van der Waals surface area contributed by atoms with Crippen molar-refractivity contribution in [1.82, 2.24) is 19.9 Å². The quantitative estimate of drug-likeness (QED) is 0.677. The highest BCUT2D eigenvalue weighted by Gasteiger charge is 2.12. The maximum atomic E-state index is 13.4. The Morgan fingerprint density at radius 3 is 2.65 bits per heavy atom. The van der Waals surface area contributed by atoms with Crippen LogP contribution in [0.1, 0.15) is 26.6 Å². The first-order chi connectivity index (χ1) is 10.8. The molecule has 0 saturated heterocycles. The van der Waals surface area contributed by atoms with Gasteiger partial charge < -0.3 is 10.7 Å². The number of benzene rings is 1. The Bertz CT molecular complexity index is 941. The SMILES string of the molecule is CC(C)(C)C#Cc1nc(N)c2[nH]c(-c3cccc(F)c3)nc2n1. The fourth-order valence-corrected chi connectivity index (χ4v) is 1.99. The number of fused-ring (bicyclic) bond motifs is 1. The van der Waals surface area contributed by atoms with Gasteiger partial charge in [-0.05, 0) is 38.8 Å². The van der Waals surface area contributed by atoms with Gasteiger partial charge in [0.2, 0.25) is 5.82 Å². The lowest BCUT2D eigenvalue weighted by molar-refractivity contribution is 0.571. The second-order valence-corrected chi connectivity index (χ2v) is 6.23. The molecule has 0 radical (unpaired) electrons. The molecule has 6 heteroatoms. The normalized spacial score (nSPS) is 11.3. The second kappa shape index (κ2) is 5.36. The summed E-state index contributed by atoms with van der Waals surface area (Å²) in [5.74, 6) is 6.71. The van der Waals surface area contributed by atoms with Gasteiger partial charge in [0.05, 0.1) is 0 Å². The third-order valence-corrected chi connectivity index (χ3v) is 3.03. The van der Waals surface area contributed by atoms with E-state index in [1.54, 1.807) is 12.1 Å². The van der Waals surface area contributed by atoms with Crippen molar-refractivity contribution in [2.75, 3.05) is 5.73 Å². The van der Waals surface area contributed by atoms with Crippen LogP contribution in [0.5, 0.6) is 0 Å². The van der Waals surface area contributed by atoms with Crippen molar-refractivity contribution >= 4 is 17.0 Å². The van der Waals surface area contributed by atoms with Gasteiger partial charge in [0.25, 0.3) is 0 Å². The predicted molar refractivity (Wildman–Crippen MR) is 87.8 cm³/mol. The fraction of sp³-hybridized carbons (Fsp3) is 0.235. The van der Waals surface area contributed by atoms with Crippen LogP contribution in [0.2, 0.25) is 0 Å². The van der Waals surface area contributed by atoms with Crippen LogP contribution in [0, 0.1) is 23.1 Å². The van der Waals surface area contributed by atoms with E-state index >= 15 is 0 Å². The van der Waals surface area contributed by atoms with Crippen molar-refractivity contribution in [3.05, 3.63) is 35.9 Å². The summed E-state index contributed by atoms with van der Waals surface area (Å²) in [4.78, 5) is 15.9. The van der Waals surface area contributed by atoms with Crippen LogP contribution in [0.25, 0.3) is 22.6 Å². The lowest BCUT2D eigenvalue weighted by Crippen LogP contribution is -2.01. The van der Waals surface area contributed by atoms with Crippen LogP contribution >= 0.6 is 0 Å². The average Bonchev–Trinajstić information content (AvgIpc) is 2.89. The number of nitrogens with two attached hydrogens (primary N) is 1. The van der Waals surface area contributed by atoms with Crippen LogP contribution in [-0.4, -0.2) is 19.9 Å². The Hall–Kier alpha value is -2.94. The van der Waals surface area contributed by atoms with Gasteiger partial charge in [0.15, 0.2) is 11.5 Å². The van der Waals surface area contributed by atoms with E-state index in [0.29, 0.717) is 28.4 Å². The first-order valence-electron chi connectivity index (χ1n) is 7.14. The van der Waals surface area contributed by atoms with E-state index in [2.05, 4.69) is 31.8 Å². The van der Waals surface area contributed by atoms with Gasteiger partial charge in [-0.3, -0.25) is 0 Å². The van der Waals surface area contributed by atoms with E-state index in [9.17, 15) is 4.39 Å². The van der Waals surface area contributed by atoms with Crippen molar-refractivity contribution in [3.63, 3.8) is 0 Å². The summed E-state index contributed by atoms with van der Waals surface area (Å²) in [6.07, 6.45) is 0. The lowest BCUT2D eigenvalue weighted by atomic mass is 9.98. The lowest BCUT2D eigenvalue weighted by Gasteiger charge is -2.06. The van der Waals surface area contributed by atoms with Gasteiger partial charge in [-0.25, -0.2) is 14.4 Å². The van der Waals surface area contributed by atoms with Crippen LogP contribution in [-0.2, 0) is 0 Å². The van der Waals surface area contributed by atoms with Crippen molar-refractivity contribution in [1.29, 1.82) is 0 Å². The van der Waals surface area contributed by atoms with E-state index in [0.717, 1.165) is 0 Å². The third-order valence-electron chi connectivity index (χ3n) is 3.03. The summed E-state index contributed by atoms with van der Waals surface area (Å²) in [5, 5.41) is 0. The first-order valence-corrected chi connectivity index (χ1v) is 7.14. The summed E-state index contributed by atoms with van der Waals surface area (Å²) in [6.45, 7) is 6.00. The molecule has 0 aliphatic rings. The minimum Gasteiger partial charge on any atom is -0.382 e. The van der Waals surface area contributed by atoms with Gasteiger partial charge in [0, 0.05) is 11.0 Å². The third kappa shape index (κ3) is 3.29. The number of nitrogens with one attached hydrogen (secondary N) is 1. The standard InChI is InChI=1S/C17H16FN5/c1-17(2,3)8-7-12-20-14(19)13-16(21-12)23-15(22-13)10-5-4-6-11(18)9-10/h4-6,9H,1-3H3,(H3,19,20,21,22,23). The number of nitrogens with zero attached hydrogens (tertiary/aromatic N) is 3. The molecule has 0 aliphatic heterocycles. The van der Waals surface area contributed by atoms with Crippen LogP contribution in [0.15, 0.2) is 24.3 Å². The molecule has 0 spiro atoms. The fourth-order valence-electron chi connectivity index (χ4n) is 1.99. The Kier molecular flexibility index (Phi) is 3.49. The molecule has 0 atom stereocenters. The average molecular weight is 309 g/mol. The molecule has 0 fully saturated rings. The molecule has 0 unspecified atom stereocenters. The Labute approximate surface area is 133 Å². The molecule has 0 amide bonds. The molecule has 3 rings (SSSR count). The van der Waals surface area contributed by atoms with Gasteiger partial charge in [-0.15, -0.1) is 0 Å². The summed E-state index contributed by atoms with van der Waals surface area (Å²) in [6, 6.07) is 6.14. The van der Waals surface area contributed by atoms with Gasteiger partial charge in [-0.1, -0.05) is 18.1 Å². The number of nitrogen functional groups attached to an aromatic ring is 1. The topological polar surface area (TPSA) is 80.5 Å². The molecular formula is C17H16FN5. The molecule has 1 aromatic carbocycles. The molecule has 116 valence electrons. The highest BCUT2D eigenvalue weighted by Crippen LogP contribution is 2.22. The highest BCUT2D eigenvalue weighted by molar-refractivity contribution is 5.84. The second-order valence-electron chi connectivity index (χ2n) is 6.23. The Morgan fingerprint density at radius 1 is 1.17 bits per heavy atom. The summed E-state index contributed by atoms with van der Waals surface area (Å²) >= 11 is 0. The summed E-state index contributed by atoms with van der Waals surface area (Å²) in [5.41, 5.74) is 7.34. The largest absolute Gasteiger partial charge is 0.382 e. The molecule has 0 bridgehead atoms. The van der Waals surface area contributed by atoms with Crippen LogP contribution < -0.4 is 5.73 Å². The predicted octanol–water partition coefficient (Wildman–Crippen LogP) is 3.14. The van der Waals surface area contributed by atoms with Gasteiger partial charge >= 0.3 is 0 Å². The van der Waals surface area contributed by atoms with E-state index in [-0.39, 0.29) is 17.1 Å². The van der Waals surface area contributed by atoms with Crippen molar-refractivity contribution < 1.29 is 4.39 Å². The van der Waals surface area contributed by atoms with Gasteiger partial charge in [0.1, 0.15) is 17.2 Å². The van der Waals surface area contributed by atoms with Gasteiger partial charge in [-0.2, -0.15) is 4.98 Å². The number of hydrogen-bond acceptors (Lipinski definition) is 4. The molecule has 2 aromatic heterocycles. The molecule has 3 N–H and O–H groups in total. The molecule has 23 heavy (non-hydrogen) atoms. The maximum absolute atomic E-state index is 13.4. The zero-order chi connectivity index (χ0) is 16.6. The number of H-pyrrole nitrogens is 1. The minimum absolute atomic E-state index is 0.161. The zero-order valence-corrected chi connectivity index (χ0v) is 13.1. The van der Waals surface area contributed by atoms with Crippen LogP contribution in [0.4, 0.5) is 10.2 Å². The molecule has 2 heterocycles. The summed E-state index contributed by atoms with van der Waals surface area (Å²) < 4.78 is 13.4. The minimum atomic E-state index is -0.334. The number of aromatic amines is 1. The molecular weight excluding hydrogens is 293 g/mol. The maximum Gasteiger partial charge on any atom is 0.209 e. The molecule has 5 nitrogen and oxygen atoms in total. The molecule has 0 saturated carbocycles. The van der Waals surface area contributed by atoms with E-state index < -0.39 is 0 Å². The number of halogens is 1. The molecule has 0 aliphatic carbocycles. The zero-order valence-electron chi connectivity index (χ0n) is 13.1. The van der Waals surface area contributed by atoms with E-state index in [1.165, 1.54) is 12.1 Å². The summed E-state index contributed by atoms with van der Waals surface area (Å²) in [7, 11) is 0. The Balaban J connectivity index is 2.09. The monoisotopic (exact) mass is 309 g/mol. The number of anilines is 1. The number of aromatic nitrogens is 4. The Morgan fingerprint density at radius 2 is 1.96 bits per heavy atom. The molecule has 3 aromatic rings.